The van der Waals surface area contributed by atoms with Crippen LogP contribution in [0.25, 0.3) is 11.6 Å². The molecule has 0 spiro atoms. The maximum Gasteiger partial charge on any atom is 0.427 e. The van der Waals surface area contributed by atoms with Gasteiger partial charge in [0.15, 0.2) is 5.69 Å². The second-order valence-electron chi connectivity index (χ2n) is 11.9. The topological polar surface area (TPSA) is 120 Å². The first-order valence-corrected chi connectivity index (χ1v) is 14.1. The molecule has 2 aliphatic rings. The van der Waals surface area contributed by atoms with Gasteiger partial charge in [0.2, 0.25) is 5.60 Å². The van der Waals surface area contributed by atoms with Crippen molar-refractivity contribution < 1.29 is 49.8 Å². The summed E-state index contributed by atoms with van der Waals surface area (Å²) in [4.78, 5) is 30.8. The Labute approximate surface area is 258 Å². The average Bonchev–Trinajstić information content (AvgIpc) is 3.54. The van der Waals surface area contributed by atoms with E-state index in [1.54, 1.807) is 30.3 Å². The molecule has 2 unspecified atom stereocenters. The van der Waals surface area contributed by atoms with E-state index in [0.717, 1.165) is 4.90 Å². The van der Waals surface area contributed by atoms with Crippen molar-refractivity contribution in [1.29, 1.82) is 0 Å². The normalized spacial score (nSPS) is 21.5. The van der Waals surface area contributed by atoms with Crippen molar-refractivity contribution in [1.82, 2.24) is 20.1 Å². The Morgan fingerprint density at radius 2 is 1.78 bits per heavy atom. The van der Waals surface area contributed by atoms with Crippen molar-refractivity contribution in [3.05, 3.63) is 70.8 Å². The molecular formula is C30H29F6N5O5. The van der Waals surface area contributed by atoms with Gasteiger partial charge in [0.25, 0.3) is 17.7 Å². The maximum absolute atomic E-state index is 15.2. The number of ether oxygens (including phenoxy) is 2. The van der Waals surface area contributed by atoms with Gasteiger partial charge < -0.3 is 18.8 Å². The Morgan fingerprint density at radius 3 is 2.41 bits per heavy atom. The molecule has 1 aliphatic heterocycles. The third-order valence-corrected chi connectivity index (χ3v) is 7.28. The van der Waals surface area contributed by atoms with Crippen LogP contribution in [0.5, 0.6) is 0 Å². The van der Waals surface area contributed by atoms with Crippen LogP contribution in [-0.2, 0) is 27.9 Å². The molecule has 1 N–H and O–H groups in total. The lowest BCUT2D eigenvalue weighted by molar-refractivity contribution is -0.304. The quantitative estimate of drug-likeness (QED) is 0.239. The molecule has 5 rings (SSSR count). The molecule has 3 aromatic rings. The number of nitrogens with one attached hydrogen (secondary N) is 1. The summed E-state index contributed by atoms with van der Waals surface area (Å²) in [6.07, 6.45) is -9.99. The molecule has 1 aliphatic carbocycles. The minimum Gasteiger partial charge on any atom is -0.444 e. The summed E-state index contributed by atoms with van der Waals surface area (Å²) in [5.41, 5.74) is -7.43. The summed E-state index contributed by atoms with van der Waals surface area (Å²) in [6.45, 7) is 3.89. The Kier molecular flexibility index (Phi) is 8.38. The number of aromatic nitrogens is 3. The lowest BCUT2D eigenvalue weighted by Gasteiger charge is -2.32. The van der Waals surface area contributed by atoms with E-state index in [1.807, 2.05) is 0 Å². The van der Waals surface area contributed by atoms with E-state index < -0.39 is 82.5 Å². The van der Waals surface area contributed by atoms with Crippen LogP contribution in [0.4, 0.5) is 36.8 Å². The molecule has 10 nitrogen and oxygen atoms in total. The fourth-order valence-electron chi connectivity index (χ4n) is 5.05. The molecule has 4 bridgehead atoms. The Morgan fingerprint density at radius 1 is 1.09 bits per heavy atom. The van der Waals surface area contributed by atoms with Crippen LogP contribution < -0.4 is 5.32 Å². The van der Waals surface area contributed by atoms with Gasteiger partial charge in [-0.05, 0) is 45.2 Å². The van der Waals surface area contributed by atoms with Crippen molar-refractivity contribution >= 4 is 17.7 Å². The largest absolute Gasteiger partial charge is 0.444 e. The number of carbonyl (C=O) groups excluding carboxylic acids is 2. The number of anilines is 1. The highest BCUT2D eigenvalue weighted by molar-refractivity contribution is 5.97. The number of fused-ring (bicyclic) bond motifs is 6. The maximum atomic E-state index is 15.2. The number of alkyl halides is 6. The van der Waals surface area contributed by atoms with Crippen LogP contribution in [-0.4, -0.2) is 57.5 Å². The Hall–Kier alpha value is -4.47. The number of hydrogen-bond donors (Lipinski definition) is 1. The average molecular weight is 654 g/mol. The monoisotopic (exact) mass is 653 g/mol. The van der Waals surface area contributed by atoms with E-state index in [0.29, 0.717) is 17.2 Å². The first kappa shape index (κ1) is 32.9. The van der Waals surface area contributed by atoms with E-state index in [2.05, 4.69) is 20.5 Å². The van der Waals surface area contributed by atoms with Crippen molar-refractivity contribution in [3.63, 3.8) is 0 Å². The molecule has 246 valence electrons. The molecule has 2 amide bonds. The first-order chi connectivity index (χ1) is 21.4. The zero-order chi connectivity index (χ0) is 33.7. The fourth-order valence-corrected chi connectivity index (χ4v) is 5.05. The molecule has 0 saturated heterocycles. The van der Waals surface area contributed by atoms with Gasteiger partial charge in [-0.25, -0.2) is 9.78 Å². The van der Waals surface area contributed by atoms with E-state index in [4.69, 9.17) is 13.9 Å². The summed E-state index contributed by atoms with van der Waals surface area (Å²) in [6, 6.07) is 8.52. The number of rotatable bonds is 4. The number of halogens is 6. The highest BCUT2D eigenvalue weighted by Gasteiger charge is 2.70. The van der Waals surface area contributed by atoms with Crippen molar-refractivity contribution in [2.45, 2.75) is 63.8 Å². The molecule has 2 aromatic heterocycles. The minimum absolute atomic E-state index is 0.0300. The number of carbonyl (C=O) groups is 2. The van der Waals surface area contributed by atoms with Gasteiger partial charge in [-0.2, -0.15) is 26.3 Å². The van der Waals surface area contributed by atoms with Crippen molar-refractivity contribution in [2.24, 2.45) is 5.92 Å². The van der Waals surface area contributed by atoms with E-state index >= 15 is 13.2 Å². The van der Waals surface area contributed by atoms with Crippen LogP contribution in [0.2, 0.25) is 0 Å². The molecule has 3 heterocycles. The number of pyridine rings is 1. The second kappa shape index (κ2) is 11.7. The zero-order valence-corrected chi connectivity index (χ0v) is 25.0. The van der Waals surface area contributed by atoms with E-state index in [1.165, 1.54) is 33.9 Å². The standard InChI is InChI=1S/C30H29F6N5O5/c1-27(2,3)46-26(43)37-20-14-19(29(31,32)33)21-24(42)41(4)12-8-11-17-13-18(17)28(30(34,35)36,44-15-16-9-6-5-7-10-16)25-40-39-23(45-25)22(20)38-21/h5-7,9-11,14,18H,8,12-13,15H2,1-4H3,(H,37,43)/b17-11+. The van der Waals surface area contributed by atoms with Gasteiger partial charge in [0.1, 0.15) is 11.3 Å². The molecule has 1 aromatic carbocycles. The van der Waals surface area contributed by atoms with Crippen molar-refractivity contribution in [3.8, 4) is 11.6 Å². The predicted molar refractivity (Wildman–Crippen MR) is 149 cm³/mol. The fraction of sp³-hybridized carbons (Fsp3) is 0.433. The molecular weight excluding hydrogens is 624 g/mol. The summed E-state index contributed by atoms with van der Waals surface area (Å²) >= 11 is 0. The highest BCUT2D eigenvalue weighted by atomic mass is 19.4. The van der Waals surface area contributed by atoms with Crippen LogP contribution in [0.15, 0.2) is 52.5 Å². The third kappa shape index (κ3) is 6.57. The summed E-state index contributed by atoms with van der Waals surface area (Å²) in [5.74, 6) is -4.22. The molecule has 1 saturated carbocycles. The Balaban J connectivity index is 1.72. The number of benzene rings is 1. The molecule has 16 heteroatoms. The third-order valence-electron chi connectivity index (χ3n) is 7.28. The van der Waals surface area contributed by atoms with E-state index in [-0.39, 0.29) is 19.4 Å². The van der Waals surface area contributed by atoms with Gasteiger partial charge >= 0.3 is 18.4 Å². The van der Waals surface area contributed by atoms with Gasteiger partial charge in [-0.1, -0.05) is 42.0 Å². The molecule has 2 atom stereocenters. The van der Waals surface area contributed by atoms with Gasteiger partial charge in [-0.15, -0.1) is 10.2 Å². The van der Waals surface area contributed by atoms with Gasteiger partial charge in [0, 0.05) is 19.5 Å². The summed E-state index contributed by atoms with van der Waals surface area (Å²) in [7, 11) is 1.24. The van der Waals surface area contributed by atoms with Crippen molar-refractivity contribution in [2.75, 3.05) is 18.9 Å². The first-order valence-electron chi connectivity index (χ1n) is 14.1. The summed E-state index contributed by atoms with van der Waals surface area (Å²) in [5, 5.41) is 9.49. The summed E-state index contributed by atoms with van der Waals surface area (Å²) < 4.78 is 105. The molecule has 1 fully saturated rings. The number of amides is 2. The van der Waals surface area contributed by atoms with Crippen LogP contribution in [0, 0.1) is 5.92 Å². The van der Waals surface area contributed by atoms with Gasteiger partial charge in [-0.3, -0.25) is 10.1 Å². The lowest BCUT2D eigenvalue weighted by atomic mass is 9.95. The SMILES string of the molecule is CN1CC/C=C2\CC2C(OCc2ccccc2)(C(F)(F)F)c2nnc(o2)-c2nc(c(C(F)(F)F)cc2NC(=O)OC(C)(C)C)C1=O. The Bertz CT molecular complexity index is 1660. The minimum atomic E-state index is -5.13. The highest BCUT2D eigenvalue weighted by Crippen LogP contribution is 2.60. The molecule has 46 heavy (non-hydrogen) atoms. The lowest BCUT2D eigenvalue weighted by Crippen LogP contribution is -2.47. The number of nitrogens with zero attached hydrogens (tertiary/aromatic N) is 4. The predicted octanol–water partition coefficient (Wildman–Crippen LogP) is 6.89. The van der Waals surface area contributed by atoms with Crippen LogP contribution in [0.1, 0.15) is 61.1 Å². The number of hydrogen-bond acceptors (Lipinski definition) is 8. The molecule has 0 radical (unpaired) electrons. The van der Waals surface area contributed by atoms with Gasteiger partial charge in [0.05, 0.1) is 17.9 Å². The van der Waals surface area contributed by atoms with E-state index in [9.17, 15) is 22.8 Å². The van der Waals surface area contributed by atoms with Crippen LogP contribution in [0.3, 0.4) is 0 Å². The smallest absolute Gasteiger partial charge is 0.427 e. The zero-order valence-electron chi connectivity index (χ0n) is 25.0. The van der Waals surface area contributed by atoms with Crippen LogP contribution >= 0.6 is 0 Å². The second-order valence-corrected chi connectivity index (χ2v) is 11.9.